The average Bonchev–Trinajstić information content (AvgIpc) is 3.06. The minimum atomic E-state index is -0.983. The monoisotopic (exact) mass is 532 g/mol. The Kier molecular flexibility index (Phi) is 9.52. The van der Waals surface area contributed by atoms with Gasteiger partial charge in [-0.2, -0.15) is 0 Å². The van der Waals surface area contributed by atoms with Gasteiger partial charge in [0.05, 0.1) is 36.6 Å². The van der Waals surface area contributed by atoms with Gasteiger partial charge in [-0.15, -0.1) is 0 Å². The van der Waals surface area contributed by atoms with Gasteiger partial charge in [0.1, 0.15) is 17.5 Å². The quantitative estimate of drug-likeness (QED) is 0.424. The van der Waals surface area contributed by atoms with Crippen LogP contribution in [0.25, 0.3) is 0 Å². The number of nitrogens with one attached hydrogen (secondary N) is 2. The Morgan fingerprint density at radius 1 is 1.14 bits per heavy atom. The number of ether oxygens (including phenoxy) is 2. The summed E-state index contributed by atoms with van der Waals surface area (Å²) in [7, 11) is 0.714. The third-order valence-corrected chi connectivity index (χ3v) is 6.74. The van der Waals surface area contributed by atoms with E-state index in [4.69, 9.17) is 30.4 Å². The highest BCUT2D eigenvalue weighted by Crippen LogP contribution is 2.38. The van der Waals surface area contributed by atoms with Crippen LogP contribution in [0.15, 0.2) is 36.8 Å². The summed E-state index contributed by atoms with van der Waals surface area (Å²) in [5.74, 6) is -0.883. The molecule has 12 heteroatoms. The first-order chi connectivity index (χ1) is 17.4. The fourth-order valence-corrected chi connectivity index (χ4v) is 3.91. The number of aryl methyl sites for hydroxylation is 1. The van der Waals surface area contributed by atoms with Crippen molar-refractivity contribution < 1.29 is 28.4 Å². The van der Waals surface area contributed by atoms with Crippen LogP contribution in [0.5, 0.6) is 5.75 Å². The van der Waals surface area contributed by atoms with Crippen LogP contribution in [0, 0.1) is 6.92 Å². The number of carbonyl (C=O) groups is 2. The Morgan fingerprint density at radius 2 is 1.84 bits per heavy atom. The normalized spacial score (nSPS) is 17.6. The number of hydrogen-bond donors (Lipinski definition) is 2. The molecule has 0 saturated carbocycles. The number of halogens is 1. The molecule has 2 N–H and O–H groups in total. The van der Waals surface area contributed by atoms with E-state index < -0.39 is 42.1 Å². The molecule has 0 unspecified atom stereocenters. The summed E-state index contributed by atoms with van der Waals surface area (Å²) in [6.07, 6.45) is 4.55. The maximum Gasteiger partial charge on any atom is 0.481 e. The highest BCUT2D eigenvalue weighted by Gasteiger charge is 2.54. The van der Waals surface area contributed by atoms with E-state index in [1.165, 1.54) is 25.7 Å². The summed E-state index contributed by atoms with van der Waals surface area (Å²) >= 11 is 6.05. The van der Waals surface area contributed by atoms with Gasteiger partial charge < -0.3 is 29.4 Å². The number of nitrogens with zero attached hydrogens (tertiary/aromatic N) is 2. The first-order valence-electron chi connectivity index (χ1n) is 12.0. The van der Waals surface area contributed by atoms with Crippen molar-refractivity contribution in [1.82, 2.24) is 20.6 Å². The summed E-state index contributed by atoms with van der Waals surface area (Å²) in [6, 6.07) is 4.40. The molecule has 1 aromatic carbocycles. The molecule has 200 valence electrons. The maximum absolute atomic E-state index is 13.3. The molecule has 0 aliphatic carbocycles. The molecule has 1 aliphatic heterocycles. The van der Waals surface area contributed by atoms with Crippen LogP contribution in [-0.2, 0) is 18.8 Å². The van der Waals surface area contributed by atoms with Crippen LogP contribution in [0.3, 0.4) is 0 Å². The largest absolute Gasteiger partial charge is 0.493 e. The van der Waals surface area contributed by atoms with Gasteiger partial charge in [0.2, 0.25) is 5.91 Å². The van der Waals surface area contributed by atoms with E-state index >= 15 is 0 Å². The van der Waals surface area contributed by atoms with Gasteiger partial charge in [0, 0.05) is 30.9 Å². The second-order valence-electron chi connectivity index (χ2n) is 9.86. The molecule has 1 aliphatic rings. The lowest BCUT2D eigenvalue weighted by atomic mass is 9.76. The number of rotatable bonds is 11. The number of hydrogen-bond acceptors (Lipinski definition) is 8. The number of benzene rings is 1. The van der Waals surface area contributed by atoms with Gasteiger partial charge in [-0.3, -0.25) is 14.6 Å². The first kappa shape index (κ1) is 28.8. The van der Waals surface area contributed by atoms with Crippen molar-refractivity contribution >= 4 is 30.5 Å². The molecule has 2 atom stereocenters. The summed E-state index contributed by atoms with van der Waals surface area (Å²) in [4.78, 5) is 33.8. The predicted molar refractivity (Wildman–Crippen MR) is 139 cm³/mol. The second-order valence-corrected chi connectivity index (χ2v) is 10.3. The zero-order valence-corrected chi connectivity index (χ0v) is 22.8. The minimum absolute atomic E-state index is 0.0472. The van der Waals surface area contributed by atoms with Gasteiger partial charge >= 0.3 is 7.12 Å². The fraction of sp³-hybridized carbons (Fsp3) is 0.520. The Labute approximate surface area is 222 Å². The number of amides is 2. The lowest BCUT2D eigenvalue weighted by Crippen LogP contribution is -2.56. The molecule has 2 amide bonds. The molecule has 0 spiro atoms. The van der Waals surface area contributed by atoms with Crippen molar-refractivity contribution in [2.75, 3.05) is 20.3 Å². The smallest absolute Gasteiger partial charge is 0.481 e. The van der Waals surface area contributed by atoms with Crippen LogP contribution in [0.2, 0.25) is 5.02 Å². The SMILES string of the molecule is COC[C@@H](NC(=O)c1cnccn1)C(=O)N[C@H](CCOc1ccc(Cl)cc1C)B1OC(C)(C)C(C)(C)O1. The summed E-state index contributed by atoms with van der Waals surface area (Å²) < 4.78 is 23.6. The van der Waals surface area contributed by atoms with Gasteiger partial charge in [-0.1, -0.05) is 11.6 Å². The molecule has 2 aromatic rings. The van der Waals surface area contributed by atoms with E-state index in [2.05, 4.69) is 20.6 Å². The molecule has 0 bridgehead atoms. The molecule has 2 heterocycles. The van der Waals surface area contributed by atoms with Crippen LogP contribution in [0.1, 0.15) is 50.2 Å². The summed E-state index contributed by atoms with van der Waals surface area (Å²) in [6.45, 7) is 9.89. The molecule has 0 radical (unpaired) electrons. The van der Waals surface area contributed by atoms with E-state index in [0.29, 0.717) is 17.2 Å². The highest BCUT2D eigenvalue weighted by molar-refractivity contribution is 6.48. The van der Waals surface area contributed by atoms with E-state index in [9.17, 15) is 9.59 Å². The third-order valence-electron chi connectivity index (χ3n) is 6.50. The van der Waals surface area contributed by atoms with Crippen molar-refractivity contribution in [3.05, 3.63) is 53.1 Å². The van der Waals surface area contributed by atoms with Crippen LogP contribution in [-0.4, -0.2) is 72.4 Å². The van der Waals surface area contributed by atoms with Gasteiger partial charge in [0.25, 0.3) is 5.91 Å². The number of methoxy groups -OCH3 is 1. The topological polar surface area (TPSA) is 121 Å². The van der Waals surface area contributed by atoms with Crippen molar-refractivity contribution in [2.24, 2.45) is 0 Å². The second kappa shape index (κ2) is 12.2. The lowest BCUT2D eigenvalue weighted by molar-refractivity contribution is -0.124. The molecule has 37 heavy (non-hydrogen) atoms. The molecule has 3 rings (SSSR count). The van der Waals surface area contributed by atoms with E-state index in [1.54, 1.807) is 12.1 Å². The summed E-state index contributed by atoms with van der Waals surface area (Å²) in [5.41, 5.74) is -0.206. The van der Waals surface area contributed by atoms with E-state index in [-0.39, 0.29) is 18.9 Å². The Morgan fingerprint density at radius 3 is 2.43 bits per heavy atom. The molecule has 1 fully saturated rings. The minimum Gasteiger partial charge on any atom is -0.493 e. The van der Waals surface area contributed by atoms with Crippen molar-refractivity contribution in [3.8, 4) is 5.75 Å². The van der Waals surface area contributed by atoms with Gasteiger partial charge in [-0.05, 0) is 58.4 Å². The van der Waals surface area contributed by atoms with E-state index in [0.717, 1.165) is 5.56 Å². The van der Waals surface area contributed by atoms with Crippen LogP contribution in [0.4, 0.5) is 0 Å². The standard InChI is InChI=1S/C25H34BClN4O6/c1-16-13-17(27)7-8-20(16)35-12-9-21(26-36-24(2,3)25(4,5)37-26)31-23(33)19(15-34-6)30-22(32)18-14-28-10-11-29-18/h7-8,10-11,13-14,19,21H,9,12,15H2,1-6H3,(H,30,32)(H,31,33)/t19-,21-/m1/s1. The molecular weight excluding hydrogens is 499 g/mol. The van der Waals surface area contributed by atoms with Gasteiger partial charge in [-0.25, -0.2) is 4.98 Å². The van der Waals surface area contributed by atoms with E-state index in [1.807, 2.05) is 40.7 Å². The maximum atomic E-state index is 13.3. The van der Waals surface area contributed by atoms with Crippen molar-refractivity contribution in [3.63, 3.8) is 0 Å². The Balaban J connectivity index is 1.73. The third kappa shape index (κ3) is 7.41. The van der Waals surface area contributed by atoms with Gasteiger partial charge in [0.15, 0.2) is 0 Å². The number of aromatic nitrogens is 2. The Bertz CT molecular complexity index is 1070. The lowest BCUT2D eigenvalue weighted by Gasteiger charge is -2.32. The van der Waals surface area contributed by atoms with Crippen molar-refractivity contribution in [2.45, 2.75) is 64.2 Å². The molecular formula is C25H34BClN4O6. The van der Waals surface area contributed by atoms with Crippen LogP contribution < -0.4 is 15.4 Å². The highest BCUT2D eigenvalue weighted by atomic mass is 35.5. The number of carbonyl (C=O) groups excluding carboxylic acids is 2. The fourth-order valence-electron chi connectivity index (χ4n) is 3.68. The summed E-state index contributed by atoms with van der Waals surface area (Å²) in [5, 5.41) is 6.24. The van der Waals surface area contributed by atoms with Crippen LogP contribution >= 0.6 is 11.6 Å². The zero-order valence-electron chi connectivity index (χ0n) is 22.0. The zero-order chi connectivity index (χ0) is 27.2. The molecule has 10 nitrogen and oxygen atoms in total. The first-order valence-corrected chi connectivity index (χ1v) is 12.4. The van der Waals surface area contributed by atoms with Crippen molar-refractivity contribution in [1.29, 1.82) is 0 Å². The Hall–Kier alpha value is -2.73. The molecule has 1 aromatic heterocycles. The predicted octanol–water partition coefficient (Wildman–Crippen LogP) is 2.77. The molecule has 1 saturated heterocycles. The average molecular weight is 533 g/mol.